The van der Waals surface area contributed by atoms with Crippen molar-refractivity contribution in [3.8, 4) is 0 Å². The Labute approximate surface area is 55.7 Å². The van der Waals surface area contributed by atoms with Crippen LogP contribution in [-0.4, -0.2) is 10.7 Å². The molecule has 1 atom stereocenters. The van der Waals surface area contributed by atoms with Crippen LogP contribution in [0.25, 0.3) is 0 Å². The van der Waals surface area contributed by atoms with Crippen molar-refractivity contribution < 1.29 is 5.11 Å². The molecule has 1 aliphatic rings. The van der Waals surface area contributed by atoms with E-state index in [9.17, 15) is 5.11 Å². The summed E-state index contributed by atoms with van der Waals surface area (Å²) in [7, 11) is 0. The highest BCUT2D eigenvalue weighted by atomic mass is 16.3. The van der Waals surface area contributed by atoms with Gasteiger partial charge >= 0.3 is 0 Å². The first-order valence-electron chi connectivity index (χ1n) is 3.33. The number of hydrogen-bond acceptors (Lipinski definition) is 1. The zero-order valence-electron chi connectivity index (χ0n) is 5.67. The van der Waals surface area contributed by atoms with Gasteiger partial charge in [-0.3, -0.25) is 0 Å². The summed E-state index contributed by atoms with van der Waals surface area (Å²) in [4.78, 5) is 0. The fraction of sp³-hybridized carbons (Fsp3) is 0.500. The van der Waals surface area contributed by atoms with Crippen molar-refractivity contribution in [2.45, 2.75) is 25.4 Å². The summed E-state index contributed by atoms with van der Waals surface area (Å²) in [5.74, 6) is 0. The van der Waals surface area contributed by atoms with E-state index in [-0.39, 0.29) is 0 Å². The number of allylic oxidation sites excluding steroid dienone is 2. The van der Waals surface area contributed by atoms with Gasteiger partial charge in [0.15, 0.2) is 0 Å². The molecule has 0 aromatic heterocycles. The maximum Gasteiger partial charge on any atom is 0.0862 e. The van der Waals surface area contributed by atoms with Gasteiger partial charge in [-0.15, -0.1) is 0 Å². The standard InChI is InChI=1S/C8H12O/c1-2-8(9)6-4-3-5-7-8/h3-6,9H,2,7H2,1H3/t8-/m0/s1. The zero-order valence-corrected chi connectivity index (χ0v) is 5.67. The van der Waals surface area contributed by atoms with Crippen LogP contribution in [-0.2, 0) is 0 Å². The molecule has 0 aromatic carbocycles. The summed E-state index contributed by atoms with van der Waals surface area (Å²) in [6.07, 6.45) is 9.27. The van der Waals surface area contributed by atoms with Gasteiger partial charge in [0, 0.05) is 0 Å². The average molecular weight is 124 g/mol. The van der Waals surface area contributed by atoms with Crippen LogP contribution in [0.2, 0.25) is 0 Å². The van der Waals surface area contributed by atoms with Gasteiger partial charge in [-0.2, -0.15) is 0 Å². The Morgan fingerprint density at radius 1 is 1.56 bits per heavy atom. The van der Waals surface area contributed by atoms with Crippen molar-refractivity contribution in [3.05, 3.63) is 24.3 Å². The molecule has 1 heteroatoms. The molecule has 9 heavy (non-hydrogen) atoms. The maximum atomic E-state index is 9.54. The van der Waals surface area contributed by atoms with E-state index in [0.717, 1.165) is 12.8 Å². The molecule has 0 amide bonds. The van der Waals surface area contributed by atoms with Gasteiger partial charge in [-0.25, -0.2) is 0 Å². The monoisotopic (exact) mass is 124 g/mol. The summed E-state index contributed by atoms with van der Waals surface area (Å²) in [6.45, 7) is 1.99. The van der Waals surface area contributed by atoms with Crippen molar-refractivity contribution in [1.29, 1.82) is 0 Å². The highest BCUT2D eigenvalue weighted by Gasteiger charge is 2.19. The van der Waals surface area contributed by atoms with Crippen molar-refractivity contribution in [1.82, 2.24) is 0 Å². The summed E-state index contributed by atoms with van der Waals surface area (Å²) in [5.41, 5.74) is -0.547. The molecule has 0 radical (unpaired) electrons. The quantitative estimate of drug-likeness (QED) is 0.563. The van der Waals surface area contributed by atoms with Gasteiger partial charge < -0.3 is 5.11 Å². The summed E-state index contributed by atoms with van der Waals surface area (Å²) in [5, 5.41) is 9.54. The second-order valence-electron chi connectivity index (χ2n) is 2.45. The third-order valence-corrected chi connectivity index (χ3v) is 1.74. The SMILES string of the molecule is CC[C@]1(O)C=CC=CC1. The molecule has 0 aromatic rings. The largest absolute Gasteiger partial charge is 0.385 e. The lowest BCUT2D eigenvalue weighted by Gasteiger charge is -2.22. The third-order valence-electron chi connectivity index (χ3n) is 1.74. The molecule has 0 heterocycles. The van der Waals surface area contributed by atoms with Gasteiger partial charge in [0.25, 0.3) is 0 Å². The molecule has 1 nitrogen and oxygen atoms in total. The lowest BCUT2D eigenvalue weighted by molar-refractivity contribution is 0.0889. The van der Waals surface area contributed by atoms with E-state index in [4.69, 9.17) is 0 Å². The Bertz CT molecular complexity index is 147. The predicted octanol–water partition coefficient (Wildman–Crippen LogP) is 1.64. The Hall–Kier alpha value is -0.560. The number of aliphatic hydroxyl groups is 1. The molecule has 0 bridgehead atoms. The fourth-order valence-corrected chi connectivity index (χ4v) is 0.916. The Morgan fingerprint density at radius 3 is 2.67 bits per heavy atom. The van der Waals surface area contributed by atoms with Gasteiger partial charge in [-0.1, -0.05) is 31.2 Å². The summed E-state index contributed by atoms with van der Waals surface area (Å²) >= 11 is 0. The van der Waals surface area contributed by atoms with Gasteiger partial charge in [0.05, 0.1) is 5.60 Å². The summed E-state index contributed by atoms with van der Waals surface area (Å²) in [6, 6.07) is 0. The van der Waals surface area contributed by atoms with Crippen LogP contribution in [0, 0.1) is 0 Å². The highest BCUT2D eigenvalue weighted by Crippen LogP contribution is 2.20. The number of hydrogen-bond donors (Lipinski definition) is 1. The molecule has 50 valence electrons. The van der Waals surface area contributed by atoms with E-state index < -0.39 is 5.60 Å². The second-order valence-corrected chi connectivity index (χ2v) is 2.45. The van der Waals surface area contributed by atoms with Crippen molar-refractivity contribution >= 4 is 0 Å². The minimum absolute atomic E-state index is 0.547. The van der Waals surface area contributed by atoms with Gasteiger partial charge in [-0.05, 0) is 12.8 Å². The van der Waals surface area contributed by atoms with Crippen molar-refractivity contribution in [3.63, 3.8) is 0 Å². The van der Waals surface area contributed by atoms with E-state index in [1.54, 1.807) is 0 Å². The van der Waals surface area contributed by atoms with E-state index >= 15 is 0 Å². The minimum Gasteiger partial charge on any atom is -0.385 e. The van der Waals surface area contributed by atoms with Crippen LogP contribution in [0.5, 0.6) is 0 Å². The highest BCUT2D eigenvalue weighted by molar-refractivity contribution is 5.17. The maximum absolute atomic E-state index is 9.54. The normalized spacial score (nSPS) is 33.1. The lowest BCUT2D eigenvalue weighted by Crippen LogP contribution is -2.24. The topological polar surface area (TPSA) is 20.2 Å². The first-order valence-corrected chi connectivity index (χ1v) is 3.33. The van der Waals surface area contributed by atoms with Crippen LogP contribution >= 0.6 is 0 Å². The van der Waals surface area contributed by atoms with E-state index in [0.29, 0.717) is 0 Å². The molecular formula is C8H12O. The lowest BCUT2D eigenvalue weighted by atomic mass is 9.93. The Kier molecular flexibility index (Phi) is 1.72. The van der Waals surface area contributed by atoms with E-state index in [1.807, 2.05) is 31.2 Å². The first-order chi connectivity index (χ1) is 4.27. The van der Waals surface area contributed by atoms with Crippen LogP contribution in [0.15, 0.2) is 24.3 Å². The molecule has 1 N–H and O–H groups in total. The second kappa shape index (κ2) is 2.36. The smallest absolute Gasteiger partial charge is 0.0862 e. The predicted molar refractivity (Wildman–Crippen MR) is 38.1 cm³/mol. The molecule has 1 aliphatic carbocycles. The molecule has 0 fully saturated rings. The Morgan fingerprint density at radius 2 is 2.33 bits per heavy atom. The molecule has 1 rings (SSSR count). The molecule has 0 unspecified atom stereocenters. The number of rotatable bonds is 1. The zero-order chi connectivity index (χ0) is 6.74. The van der Waals surface area contributed by atoms with Crippen LogP contribution in [0.1, 0.15) is 19.8 Å². The molecule has 0 aliphatic heterocycles. The third kappa shape index (κ3) is 1.42. The first kappa shape index (κ1) is 6.56. The van der Waals surface area contributed by atoms with E-state index in [1.165, 1.54) is 0 Å². The van der Waals surface area contributed by atoms with E-state index in [2.05, 4.69) is 0 Å². The van der Waals surface area contributed by atoms with Gasteiger partial charge in [0.1, 0.15) is 0 Å². The molecule has 0 spiro atoms. The molecule has 0 saturated carbocycles. The molecule has 0 saturated heterocycles. The van der Waals surface area contributed by atoms with Crippen LogP contribution in [0.3, 0.4) is 0 Å². The van der Waals surface area contributed by atoms with Crippen molar-refractivity contribution in [2.75, 3.05) is 0 Å². The Balaban J connectivity index is 2.63. The van der Waals surface area contributed by atoms with Crippen molar-refractivity contribution in [2.24, 2.45) is 0 Å². The van der Waals surface area contributed by atoms with Crippen LogP contribution < -0.4 is 0 Å². The molecular weight excluding hydrogens is 112 g/mol. The average Bonchev–Trinajstić information content (AvgIpc) is 1.90. The van der Waals surface area contributed by atoms with Crippen LogP contribution in [0.4, 0.5) is 0 Å². The van der Waals surface area contributed by atoms with Gasteiger partial charge in [0.2, 0.25) is 0 Å². The minimum atomic E-state index is -0.547. The summed E-state index contributed by atoms with van der Waals surface area (Å²) < 4.78 is 0. The fourth-order valence-electron chi connectivity index (χ4n) is 0.916.